The number of carbonyl (C=O) groups is 1. The molecule has 1 aromatic carbocycles. The Bertz CT molecular complexity index is 465. The van der Waals surface area contributed by atoms with Crippen LogP contribution >= 0.6 is 15.9 Å². The molecule has 0 aromatic heterocycles. The highest BCUT2D eigenvalue weighted by atomic mass is 79.9. The Balaban J connectivity index is 2.85. The molecule has 6 heteroatoms. The van der Waals surface area contributed by atoms with E-state index in [4.69, 9.17) is 19.9 Å². The van der Waals surface area contributed by atoms with Crippen molar-refractivity contribution in [1.29, 1.82) is 0 Å². The minimum atomic E-state index is -0.309. The summed E-state index contributed by atoms with van der Waals surface area (Å²) >= 11 is 3.43. The van der Waals surface area contributed by atoms with Crippen molar-refractivity contribution in [2.45, 2.75) is 25.8 Å². The van der Waals surface area contributed by atoms with E-state index in [-0.39, 0.29) is 18.4 Å². The molecule has 20 heavy (non-hydrogen) atoms. The Kier molecular flexibility index (Phi) is 6.81. The fourth-order valence-electron chi connectivity index (χ4n) is 1.87. The summed E-state index contributed by atoms with van der Waals surface area (Å²) in [4.78, 5) is 11.4. The zero-order valence-corrected chi connectivity index (χ0v) is 13.5. The number of halogens is 1. The minimum Gasteiger partial charge on any atom is -0.495 e. The summed E-state index contributed by atoms with van der Waals surface area (Å²) in [6.07, 6.45) is 0.774. The minimum absolute atomic E-state index is 0.241. The number of ether oxygens (including phenoxy) is 3. The molecule has 112 valence electrons. The van der Waals surface area contributed by atoms with E-state index in [1.54, 1.807) is 21.1 Å². The summed E-state index contributed by atoms with van der Waals surface area (Å²) in [6, 6.07) is 3.35. The molecule has 0 saturated carbocycles. The Morgan fingerprint density at radius 3 is 2.60 bits per heavy atom. The topological polar surface area (TPSA) is 70.8 Å². The van der Waals surface area contributed by atoms with Crippen molar-refractivity contribution in [3.05, 3.63) is 22.2 Å². The molecular formula is C14H20BrNO4. The third kappa shape index (κ3) is 4.11. The van der Waals surface area contributed by atoms with Crippen LogP contribution in [0.1, 0.15) is 31.4 Å². The number of hydrogen-bond acceptors (Lipinski definition) is 5. The van der Waals surface area contributed by atoms with Crippen LogP contribution in [0.4, 0.5) is 0 Å². The maximum absolute atomic E-state index is 11.4. The van der Waals surface area contributed by atoms with Crippen LogP contribution in [0, 0.1) is 0 Å². The van der Waals surface area contributed by atoms with Crippen LogP contribution in [0.5, 0.6) is 11.5 Å². The van der Waals surface area contributed by atoms with E-state index in [1.807, 2.05) is 12.1 Å². The standard InChI is InChI=1S/C14H20BrNO4/c1-4-20-12(17)8-6-10(16)9-5-7-11(18-2)13(15)14(9)19-3/h5,7,10H,4,6,8,16H2,1-3H3. The van der Waals surface area contributed by atoms with Crippen molar-refractivity contribution >= 4 is 21.9 Å². The van der Waals surface area contributed by atoms with Gasteiger partial charge < -0.3 is 19.9 Å². The molecule has 1 aromatic rings. The first-order valence-electron chi connectivity index (χ1n) is 6.36. The van der Waals surface area contributed by atoms with Crippen molar-refractivity contribution in [1.82, 2.24) is 0 Å². The second kappa shape index (κ2) is 8.11. The second-order valence-electron chi connectivity index (χ2n) is 4.15. The lowest BCUT2D eigenvalue weighted by atomic mass is 10.0. The fourth-order valence-corrected chi connectivity index (χ4v) is 2.56. The molecular weight excluding hydrogens is 326 g/mol. The van der Waals surface area contributed by atoms with Gasteiger partial charge in [-0.05, 0) is 41.4 Å². The predicted octanol–water partition coefficient (Wildman–Crippen LogP) is 2.81. The van der Waals surface area contributed by atoms with E-state index < -0.39 is 0 Å². The van der Waals surface area contributed by atoms with Crippen molar-refractivity contribution in [3.8, 4) is 11.5 Å². The van der Waals surface area contributed by atoms with Gasteiger partial charge in [0, 0.05) is 18.0 Å². The van der Waals surface area contributed by atoms with Crippen molar-refractivity contribution in [2.24, 2.45) is 5.73 Å². The van der Waals surface area contributed by atoms with Crippen LogP contribution in [0.2, 0.25) is 0 Å². The maximum atomic E-state index is 11.4. The smallest absolute Gasteiger partial charge is 0.305 e. The number of hydrogen-bond donors (Lipinski definition) is 1. The molecule has 0 bridgehead atoms. The number of esters is 1. The second-order valence-corrected chi connectivity index (χ2v) is 4.95. The van der Waals surface area contributed by atoms with Crippen LogP contribution in [0.3, 0.4) is 0 Å². The summed E-state index contributed by atoms with van der Waals surface area (Å²) in [5, 5.41) is 0. The van der Waals surface area contributed by atoms with E-state index in [2.05, 4.69) is 15.9 Å². The third-order valence-corrected chi connectivity index (χ3v) is 3.63. The highest BCUT2D eigenvalue weighted by molar-refractivity contribution is 9.10. The van der Waals surface area contributed by atoms with Gasteiger partial charge in [-0.1, -0.05) is 0 Å². The lowest BCUT2D eigenvalue weighted by Gasteiger charge is -2.18. The van der Waals surface area contributed by atoms with Gasteiger partial charge >= 0.3 is 5.97 Å². The zero-order chi connectivity index (χ0) is 15.1. The lowest BCUT2D eigenvalue weighted by Crippen LogP contribution is -2.15. The number of benzene rings is 1. The molecule has 2 N–H and O–H groups in total. The van der Waals surface area contributed by atoms with Gasteiger partial charge in [0.05, 0.1) is 20.8 Å². The summed E-state index contributed by atoms with van der Waals surface area (Å²) in [6.45, 7) is 2.16. The van der Waals surface area contributed by atoms with Gasteiger partial charge in [0.15, 0.2) is 0 Å². The van der Waals surface area contributed by atoms with Crippen LogP contribution in [0.15, 0.2) is 16.6 Å². The van der Waals surface area contributed by atoms with Gasteiger partial charge in [-0.25, -0.2) is 0 Å². The summed E-state index contributed by atoms with van der Waals surface area (Å²) in [5.74, 6) is 1.05. The van der Waals surface area contributed by atoms with E-state index in [0.29, 0.717) is 29.0 Å². The summed E-state index contributed by atoms with van der Waals surface area (Å²) in [5.41, 5.74) is 6.95. The van der Waals surface area contributed by atoms with Crippen molar-refractivity contribution in [3.63, 3.8) is 0 Å². The molecule has 1 rings (SSSR count). The molecule has 0 amide bonds. The van der Waals surface area contributed by atoms with Crippen LogP contribution in [0.25, 0.3) is 0 Å². The molecule has 0 heterocycles. The summed E-state index contributed by atoms with van der Waals surface area (Å²) in [7, 11) is 3.15. The number of nitrogens with two attached hydrogens (primary N) is 1. The predicted molar refractivity (Wildman–Crippen MR) is 80.0 cm³/mol. The molecule has 5 nitrogen and oxygen atoms in total. The lowest BCUT2D eigenvalue weighted by molar-refractivity contribution is -0.143. The van der Waals surface area contributed by atoms with E-state index in [0.717, 1.165) is 5.56 Å². The molecule has 0 aliphatic carbocycles. The summed E-state index contributed by atoms with van der Waals surface area (Å²) < 4.78 is 16.2. The van der Waals surface area contributed by atoms with Gasteiger partial charge in [0.2, 0.25) is 0 Å². The molecule has 1 atom stereocenters. The first-order chi connectivity index (χ1) is 9.54. The Labute approximate surface area is 127 Å². The normalized spacial score (nSPS) is 11.8. The van der Waals surface area contributed by atoms with Gasteiger partial charge in [0.25, 0.3) is 0 Å². The molecule has 0 spiro atoms. The third-order valence-electron chi connectivity index (χ3n) is 2.88. The number of rotatable bonds is 7. The first-order valence-corrected chi connectivity index (χ1v) is 7.16. The Morgan fingerprint density at radius 1 is 1.35 bits per heavy atom. The average Bonchev–Trinajstić information content (AvgIpc) is 2.44. The largest absolute Gasteiger partial charge is 0.495 e. The molecule has 0 aliphatic rings. The maximum Gasteiger partial charge on any atom is 0.305 e. The first kappa shape index (κ1) is 16.8. The van der Waals surface area contributed by atoms with Crippen LogP contribution in [-0.4, -0.2) is 26.8 Å². The van der Waals surface area contributed by atoms with E-state index >= 15 is 0 Å². The fraction of sp³-hybridized carbons (Fsp3) is 0.500. The van der Waals surface area contributed by atoms with E-state index in [1.165, 1.54) is 0 Å². The van der Waals surface area contributed by atoms with Crippen LogP contribution < -0.4 is 15.2 Å². The number of carbonyl (C=O) groups excluding carboxylic acids is 1. The van der Waals surface area contributed by atoms with Crippen molar-refractivity contribution in [2.75, 3.05) is 20.8 Å². The van der Waals surface area contributed by atoms with Crippen molar-refractivity contribution < 1.29 is 19.0 Å². The zero-order valence-electron chi connectivity index (χ0n) is 11.9. The SMILES string of the molecule is CCOC(=O)CCC(N)c1ccc(OC)c(Br)c1OC. The number of methoxy groups -OCH3 is 2. The molecule has 0 fully saturated rings. The van der Waals surface area contributed by atoms with Gasteiger partial charge in [-0.15, -0.1) is 0 Å². The average molecular weight is 346 g/mol. The van der Waals surface area contributed by atoms with Gasteiger partial charge in [-0.2, -0.15) is 0 Å². The Hall–Kier alpha value is -1.27. The molecule has 0 radical (unpaired) electrons. The monoisotopic (exact) mass is 345 g/mol. The highest BCUT2D eigenvalue weighted by Crippen LogP contribution is 2.39. The quantitative estimate of drug-likeness (QED) is 0.769. The molecule has 1 unspecified atom stereocenters. The highest BCUT2D eigenvalue weighted by Gasteiger charge is 2.18. The van der Waals surface area contributed by atoms with Gasteiger partial charge in [0.1, 0.15) is 16.0 Å². The van der Waals surface area contributed by atoms with E-state index in [9.17, 15) is 4.79 Å². The molecule has 0 saturated heterocycles. The molecule has 0 aliphatic heterocycles. The van der Waals surface area contributed by atoms with Gasteiger partial charge in [-0.3, -0.25) is 4.79 Å². The van der Waals surface area contributed by atoms with Crippen LogP contribution in [-0.2, 0) is 9.53 Å². The Morgan fingerprint density at radius 2 is 2.05 bits per heavy atom.